The van der Waals surface area contributed by atoms with Crippen molar-refractivity contribution in [1.82, 2.24) is 0 Å². The summed E-state index contributed by atoms with van der Waals surface area (Å²) in [5.74, 6) is -0.599. The van der Waals surface area contributed by atoms with E-state index >= 15 is 0 Å². The monoisotopic (exact) mass is 406 g/mol. The Kier molecular flexibility index (Phi) is 4.52. The molecule has 0 spiro atoms. The highest BCUT2D eigenvalue weighted by Gasteiger charge is 2.75. The normalized spacial score (nSPS) is 45.8. The van der Waals surface area contributed by atoms with Crippen LogP contribution in [-0.2, 0) is 23.8 Å². The van der Waals surface area contributed by atoms with Crippen LogP contribution in [0.4, 0.5) is 4.79 Å². The van der Waals surface area contributed by atoms with Crippen LogP contribution < -0.4 is 0 Å². The zero-order valence-electron chi connectivity index (χ0n) is 17.5. The van der Waals surface area contributed by atoms with Crippen LogP contribution >= 0.6 is 0 Å². The van der Waals surface area contributed by atoms with E-state index in [-0.39, 0.29) is 35.9 Å². The van der Waals surface area contributed by atoms with Crippen LogP contribution in [0.25, 0.3) is 0 Å². The van der Waals surface area contributed by atoms with Crippen LogP contribution in [0.1, 0.15) is 52.9 Å². The van der Waals surface area contributed by atoms with E-state index in [4.69, 9.17) is 9.47 Å². The summed E-state index contributed by atoms with van der Waals surface area (Å²) in [5, 5.41) is 11.2. The van der Waals surface area contributed by atoms with Gasteiger partial charge in [0.2, 0.25) is 0 Å². The average Bonchev–Trinajstić information content (AvgIpc) is 3.38. The van der Waals surface area contributed by atoms with Crippen LogP contribution in [0, 0.1) is 22.7 Å². The van der Waals surface area contributed by atoms with Crippen LogP contribution in [0.15, 0.2) is 12.2 Å². The molecule has 0 aromatic heterocycles. The van der Waals surface area contributed by atoms with Gasteiger partial charge in [-0.05, 0) is 37.2 Å². The number of rotatable bonds is 1. The van der Waals surface area contributed by atoms with Crippen LogP contribution in [0.5, 0.6) is 0 Å². The van der Waals surface area contributed by atoms with Gasteiger partial charge in [-0.3, -0.25) is 9.59 Å². The summed E-state index contributed by atoms with van der Waals surface area (Å²) in [6.07, 6.45) is -0.474. The summed E-state index contributed by atoms with van der Waals surface area (Å²) in [7, 11) is 1.26. The predicted octanol–water partition coefficient (Wildman–Crippen LogP) is 2.59. The van der Waals surface area contributed by atoms with Crippen LogP contribution in [0.2, 0.25) is 0 Å². The van der Waals surface area contributed by atoms with E-state index < -0.39 is 34.8 Å². The molecule has 7 atom stereocenters. The second-order valence-electron chi connectivity index (χ2n) is 9.90. The van der Waals surface area contributed by atoms with Crippen molar-refractivity contribution in [1.29, 1.82) is 0 Å². The van der Waals surface area contributed by atoms with Crippen molar-refractivity contribution in [2.45, 2.75) is 76.8 Å². The third-order valence-corrected chi connectivity index (χ3v) is 8.25. The maximum atomic E-state index is 13.4. The lowest BCUT2D eigenvalue weighted by atomic mass is 9.51. The Morgan fingerprint density at radius 3 is 2.59 bits per heavy atom. The van der Waals surface area contributed by atoms with Gasteiger partial charge < -0.3 is 19.3 Å². The van der Waals surface area contributed by atoms with Gasteiger partial charge in [-0.2, -0.15) is 0 Å². The summed E-state index contributed by atoms with van der Waals surface area (Å²) in [6, 6.07) is 0. The first-order chi connectivity index (χ1) is 13.5. The lowest BCUT2D eigenvalue weighted by molar-refractivity contribution is -0.155. The van der Waals surface area contributed by atoms with E-state index in [0.717, 1.165) is 0 Å². The molecule has 3 aliphatic carbocycles. The Balaban J connectivity index is 1.72. The zero-order valence-corrected chi connectivity index (χ0v) is 17.5. The zero-order chi connectivity index (χ0) is 21.4. The number of aliphatic hydroxyl groups excluding tert-OH is 1. The van der Waals surface area contributed by atoms with E-state index in [1.54, 1.807) is 0 Å². The number of hydrogen-bond acceptors (Lipinski definition) is 7. The van der Waals surface area contributed by atoms with Crippen molar-refractivity contribution < 1.29 is 33.7 Å². The molecule has 0 radical (unpaired) electrons. The molecule has 0 aromatic carbocycles. The molecule has 2 bridgehead atoms. The lowest BCUT2D eigenvalue weighted by Crippen LogP contribution is -2.56. The first-order valence-electron chi connectivity index (χ1n) is 10.4. The molecule has 1 saturated heterocycles. The highest BCUT2D eigenvalue weighted by molar-refractivity contribution is 6.08. The van der Waals surface area contributed by atoms with Crippen LogP contribution in [0.3, 0.4) is 0 Å². The maximum Gasteiger partial charge on any atom is 0.508 e. The quantitative estimate of drug-likeness (QED) is 0.406. The molecule has 7 heteroatoms. The number of aliphatic hydroxyl groups is 1. The number of Topliss-reactive ketones (excluding diaryl/α,β-unsaturated/α-hetero) is 2. The smallest absolute Gasteiger partial charge is 0.438 e. The van der Waals surface area contributed by atoms with Gasteiger partial charge in [0.15, 0.2) is 11.4 Å². The molecule has 0 amide bonds. The number of fused-ring (bicyclic) bond motifs is 1. The number of ether oxygens (including phenoxy) is 3. The Morgan fingerprint density at radius 1 is 1.24 bits per heavy atom. The summed E-state index contributed by atoms with van der Waals surface area (Å²) < 4.78 is 16.0. The number of ketones is 2. The van der Waals surface area contributed by atoms with Crippen molar-refractivity contribution in [2.75, 3.05) is 7.11 Å². The number of carbonyl (C=O) groups is 3. The fraction of sp³-hybridized carbons (Fsp3) is 0.773. The van der Waals surface area contributed by atoms with Crippen molar-refractivity contribution >= 4 is 17.7 Å². The topological polar surface area (TPSA) is 102 Å². The van der Waals surface area contributed by atoms with E-state index in [1.807, 2.05) is 20.8 Å². The van der Waals surface area contributed by atoms with Gasteiger partial charge in [-0.15, -0.1) is 0 Å². The Bertz CT molecular complexity index is 786. The minimum Gasteiger partial charge on any atom is -0.438 e. The van der Waals surface area contributed by atoms with Gasteiger partial charge in [0.05, 0.1) is 13.2 Å². The molecular formula is C22H30O7. The SMILES string of the molecule is C=C1C(=O)[C@]23O[C@@H]2[C@H]1CCC(=O)[C@@]1(C)CC[C@H](OC(=O)OC)C(C)(C)[C@H]1C[C@H]3O. The molecule has 3 saturated carbocycles. The summed E-state index contributed by atoms with van der Waals surface area (Å²) in [4.78, 5) is 38.0. The molecule has 1 N–H and O–H groups in total. The fourth-order valence-corrected chi connectivity index (χ4v) is 6.35. The van der Waals surface area contributed by atoms with E-state index in [9.17, 15) is 19.5 Å². The minimum atomic E-state index is -1.21. The van der Waals surface area contributed by atoms with E-state index in [1.165, 1.54) is 7.11 Å². The first kappa shape index (κ1) is 20.5. The minimum absolute atomic E-state index is 0.125. The third kappa shape index (κ3) is 2.66. The van der Waals surface area contributed by atoms with Crippen molar-refractivity contribution in [3.8, 4) is 0 Å². The summed E-state index contributed by atoms with van der Waals surface area (Å²) in [5.41, 5.74) is -2.03. The van der Waals surface area contributed by atoms with Gasteiger partial charge in [0, 0.05) is 23.2 Å². The summed E-state index contributed by atoms with van der Waals surface area (Å²) >= 11 is 0. The molecule has 7 nitrogen and oxygen atoms in total. The molecule has 0 aromatic rings. The van der Waals surface area contributed by atoms with E-state index in [0.29, 0.717) is 31.3 Å². The molecule has 1 heterocycles. The Hall–Kier alpha value is -1.73. The number of carbonyl (C=O) groups excluding carboxylic acids is 3. The molecule has 4 rings (SSSR count). The molecule has 4 aliphatic rings. The van der Waals surface area contributed by atoms with E-state index in [2.05, 4.69) is 11.3 Å². The van der Waals surface area contributed by atoms with Gasteiger partial charge in [0.1, 0.15) is 18.0 Å². The first-order valence-corrected chi connectivity index (χ1v) is 10.4. The second-order valence-corrected chi connectivity index (χ2v) is 9.90. The number of epoxide rings is 1. The maximum absolute atomic E-state index is 13.4. The predicted molar refractivity (Wildman–Crippen MR) is 102 cm³/mol. The standard InChI is InChI=1S/C22H30O7/c1-11-12-6-7-14(23)21(4)9-8-16(28-19(26)27-5)20(2,3)13(21)10-15(24)22(17(11)25)18(12)29-22/h12-13,15-16,18,24H,1,6-10H2,2-5H3/t12-,13+,15+,16-,18+,21-,22-/m0/s1. The van der Waals surface area contributed by atoms with Gasteiger partial charge in [-0.25, -0.2) is 4.79 Å². The molecule has 29 heavy (non-hydrogen) atoms. The van der Waals surface area contributed by atoms with Crippen molar-refractivity contribution in [3.63, 3.8) is 0 Å². The molecule has 160 valence electrons. The van der Waals surface area contributed by atoms with Crippen LogP contribution in [-0.4, -0.2) is 53.9 Å². The van der Waals surface area contributed by atoms with Gasteiger partial charge in [-0.1, -0.05) is 27.4 Å². The Morgan fingerprint density at radius 2 is 1.93 bits per heavy atom. The molecule has 0 unspecified atom stereocenters. The lowest BCUT2D eigenvalue weighted by Gasteiger charge is -2.54. The Labute approximate surface area is 170 Å². The third-order valence-electron chi connectivity index (χ3n) is 8.25. The average molecular weight is 406 g/mol. The van der Waals surface area contributed by atoms with Crippen molar-refractivity contribution in [3.05, 3.63) is 12.2 Å². The molecular weight excluding hydrogens is 376 g/mol. The second kappa shape index (κ2) is 6.38. The number of methoxy groups -OCH3 is 1. The number of hydrogen-bond donors (Lipinski definition) is 1. The highest BCUT2D eigenvalue weighted by Crippen LogP contribution is 2.61. The molecule has 4 fully saturated rings. The summed E-state index contributed by atoms with van der Waals surface area (Å²) in [6.45, 7) is 9.78. The van der Waals surface area contributed by atoms with Gasteiger partial charge >= 0.3 is 6.16 Å². The van der Waals surface area contributed by atoms with Crippen molar-refractivity contribution in [2.24, 2.45) is 22.7 Å². The highest BCUT2D eigenvalue weighted by atomic mass is 16.7. The largest absolute Gasteiger partial charge is 0.508 e. The van der Waals surface area contributed by atoms with Gasteiger partial charge in [0.25, 0.3) is 0 Å². The molecule has 1 aliphatic heterocycles. The fourth-order valence-electron chi connectivity index (χ4n) is 6.35.